The maximum atomic E-state index is 12.0. The van der Waals surface area contributed by atoms with Crippen molar-refractivity contribution in [1.82, 2.24) is 20.2 Å². The van der Waals surface area contributed by atoms with Crippen LogP contribution in [0, 0.1) is 0 Å². The number of carbonyl (C=O) groups is 2. The molecule has 1 aromatic heterocycles. The second-order valence-electron chi connectivity index (χ2n) is 4.91. The lowest BCUT2D eigenvalue weighted by atomic mass is 9.96. The number of Topliss-reactive ketones (excluding diaryl/α,β-unsaturated/α-hetero) is 1. The summed E-state index contributed by atoms with van der Waals surface area (Å²) in [6, 6.07) is 6.70. The van der Waals surface area contributed by atoms with Gasteiger partial charge in [0.25, 0.3) is 0 Å². The number of rotatable bonds is 3. The van der Waals surface area contributed by atoms with Crippen LogP contribution in [0.15, 0.2) is 30.6 Å². The fourth-order valence-electron chi connectivity index (χ4n) is 2.30. The number of esters is 1. The van der Waals surface area contributed by atoms with Crippen molar-refractivity contribution in [2.24, 2.45) is 0 Å². The fraction of sp³-hybridized carbons (Fsp3) is 0.357. The monoisotopic (exact) mass is 286 g/mol. The molecular formula is C14H14N4O3. The van der Waals surface area contributed by atoms with Crippen LogP contribution in [0.1, 0.15) is 36.0 Å². The van der Waals surface area contributed by atoms with Crippen molar-refractivity contribution in [3.8, 4) is 5.69 Å². The van der Waals surface area contributed by atoms with Gasteiger partial charge in [0.1, 0.15) is 6.33 Å². The third-order valence-electron chi connectivity index (χ3n) is 3.46. The standard InChI is InChI=1S/C14H14N4O3/c19-12-3-1-2-4-13(12)21-14(20)10-5-7-11(8-6-10)18-9-15-16-17-18/h5-9,13H,1-4H2/t13-/m0/s1. The van der Waals surface area contributed by atoms with E-state index < -0.39 is 12.1 Å². The van der Waals surface area contributed by atoms with Crippen LogP contribution in [-0.4, -0.2) is 38.1 Å². The average Bonchev–Trinajstić information content (AvgIpc) is 3.04. The minimum atomic E-state index is -0.592. The van der Waals surface area contributed by atoms with E-state index in [2.05, 4.69) is 15.5 Å². The van der Waals surface area contributed by atoms with Gasteiger partial charge >= 0.3 is 5.97 Å². The first-order valence-corrected chi connectivity index (χ1v) is 6.81. The minimum absolute atomic E-state index is 0.0138. The van der Waals surface area contributed by atoms with Crippen LogP contribution < -0.4 is 0 Å². The summed E-state index contributed by atoms with van der Waals surface area (Å²) in [5, 5.41) is 10.8. The van der Waals surface area contributed by atoms with Gasteiger partial charge in [0.15, 0.2) is 11.9 Å². The summed E-state index contributed by atoms with van der Waals surface area (Å²) < 4.78 is 6.77. The molecule has 3 rings (SSSR count). The van der Waals surface area contributed by atoms with Gasteiger partial charge in [-0.25, -0.2) is 9.48 Å². The van der Waals surface area contributed by atoms with Gasteiger partial charge in [0.05, 0.1) is 11.3 Å². The summed E-state index contributed by atoms with van der Waals surface area (Å²) in [5.74, 6) is -0.460. The lowest BCUT2D eigenvalue weighted by molar-refractivity contribution is -0.129. The third kappa shape index (κ3) is 2.96. The van der Waals surface area contributed by atoms with E-state index >= 15 is 0 Å². The molecule has 1 heterocycles. The van der Waals surface area contributed by atoms with E-state index in [-0.39, 0.29) is 5.78 Å². The first-order valence-electron chi connectivity index (χ1n) is 6.81. The van der Waals surface area contributed by atoms with Crippen LogP contribution >= 0.6 is 0 Å². The van der Waals surface area contributed by atoms with Crippen LogP contribution in [-0.2, 0) is 9.53 Å². The van der Waals surface area contributed by atoms with E-state index in [4.69, 9.17) is 4.74 Å². The Morgan fingerprint density at radius 2 is 2.05 bits per heavy atom. The Hall–Kier alpha value is -2.57. The topological polar surface area (TPSA) is 87.0 Å². The van der Waals surface area contributed by atoms with Crippen molar-refractivity contribution in [3.05, 3.63) is 36.2 Å². The zero-order chi connectivity index (χ0) is 14.7. The van der Waals surface area contributed by atoms with Crippen molar-refractivity contribution >= 4 is 11.8 Å². The highest BCUT2D eigenvalue weighted by Crippen LogP contribution is 2.19. The van der Waals surface area contributed by atoms with E-state index in [1.54, 1.807) is 24.3 Å². The molecule has 7 heteroatoms. The predicted octanol–water partition coefficient (Wildman–Crippen LogP) is 1.33. The van der Waals surface area contributed by atoms with Crippen molar-refractivity contribution in [2.75, 3.05) is 0 Å². The molecular weight excluding hydrogens is 272 g/mol. The molecule has 0 unspecified atom stereocenters. The smallest absolute Gasteiger partial charge is 0.338 e. The largest absolute Gasteiger partial charge is 0.451 e. The molecule has 0 bridgehead atoms. The number of tetrazole rings is 1. The lowest BCUT2D eigenvalue weighted by Gasteiger charge is -2.20. The average molecular weight is 286 g/mol. The van der Waals surface area contributed by atoms with Gasteiger partial charge in [-0.1, -0.05) is 0 Å². The van der Waals surface area contributed by atoms with E-state index in [1.807, 2.05) is 0 Å². The van der Waals surface area contributed by atoms with E-state index in [0.717, 1.165) is 18.5 Å². The van der Waals surface area contributed by atoms with Crippen molar-refractivity contribution in [2.45, 2.75) is 31.8 Å². The molecule has 1 aliphatic rings. The van der Waals surface area contributed by atoms with Gasteiger partial charge < -0.3 is 4.74 Å². The second kappa shape index (κ2) is 5.82. The molecule has 0 amide bonds. The number of aromatic nitrogens is 4. The van der Waals surface area contributed by atoms with Crippen LogP contribution in [0.25, 0.3) is 5.69 Å². The lowest BCUT2D eigenvalue weighted by Crippen LogP contribution is -2.30. The number of benzene rings is 1. The Labute approximate surface area is 120 Å². The van der Waals surface area contributed by atoms with Crippen LogP contribution in [0.5, 0.6) is 0 Å². The van der Waals surface area contributed by atoms with Crippen molar-refractivity contribution in [3.63, 3.8) is 0 Å². The fourth-order valence-corrected chi connectivity index (χ4v) is 2.30. The number of hydrogen-bond acceptors (Lipinski definition) is 6. The molecule has 1 saturated carbocycles. The zero-order valence-corrected chi connectivity index (χ0v) is 11.3. The maximum Gasteiger partial charge on any atom is 0.338 e. The summed E-state index contributed by atoms with van der Waals surface area (Å²) in [5.41, 5.74) is 1.15. The Morgan fingerprint density at radius 3 is 2.71 bits per heavy atom. The molecule has 0 aliphatic heterocycles. The Balaban J connectivity index is 1.69. The first-order chi connectivity index (χ1) is 10.2. The highest BCUT2D eigenvalue weighted by atomic mass is 16.5. The highest BCUT2D eigenvalue weighted by molar-refractivity contribution is 5.93. The molecule has 2 aromatic rings. The molecule has 108 valence electrons. The van der Waals surface area contributed by atoms with Gasteiger partial charge in [-0.05, 0) is 54.0 Å². The quantitative estimate of drug-likeness (QED) is 0.791. The number of ether oxygens (including phenoxy) is 1. The molecule has 1 atom stereocenters. The predicted molar refractivity (Wildman–Crippen MR) is 71.8 cm³/mol. The van der Waals surface area contributed by atoms with E-state index in [9.17, 15) is 9.59 Å². The van der Waals surface area contributed by atoms with Gasteiger partial charge in [-0.15, -0.1) is 5.10 Å². The third-order valence-corrected chi connectivity index (χ3v) is 3.46. The summed E-state index contributed by atoms with van der Waals surface area (Å²) in [4.78, 5) is 23.7. The Bertz CT molecular complexity index is 637. The Morgan fingerprint density at radius 1 is 1.24 bits per heavy atom. The summed E-state index contributed by atoms with van der Waals surface area (Å²) in [7, 11) is 0. The van der Waals surface area contributed by atoms with Gasteiger partial charge in [0.2, 0.25) is 0 Å². The van der Waals surface area contributed by atoms with Gasteiger partial charge in [-0.2, -0.15) is 0 Å². The van der Waals surface area contributed by atoms with E-state index in [1.165, 1.54) is 11.0 Å². The normalized spacial score (nSPS) is 18.5. The van der Waals surface area contributed by atoms with Crippen molar-refractivity contribution < 1.29 is 14.3 Å². The first kappa shape index (κ1) is 13.4. The SMILES string of the molecule is O=C(O[C@H]1CCCCC1=O)c1ccc(-n2cnnn2)cc1. The maximum absolute atomic E-state index is 12.0. The Kier molecular flexibility index (Phi) is 3.72. The van der Waals surface area contributed by atoms with Crippen LogP contribution in [0.2, 0.25) is 0 Å². The van der Waals surface area contributed by atoms with Crippen molar-refractivity contribution in [1.29, 1.82) is 0 Å². The number of ketones is 1. The summed E-state index contributed by atoms with van der Waals surface area (Å²) in [6.45, 7) is 0. The molecule has 7 nitrogen and oxygen atoms in total. The number of hydrogen-bond donors (Lipinski definition) is 0. The molecule has 0 saturated heterocycles. The molecule has 0 N–H and O–H groups in total. The van der Waals surface area contributed by atoms with E-state index in [0.29, 0.717) is 18.4 Å². The minimum Gasteiger partial charge on any atom is -0.451 e. The van der Waals surface area contributed by atoms with Gasteiger partial charge in [-0.3, -0.25) is 4.79 Å². The molecule has 21 heavy (non-hydrogen) atoms. The van der Waals surface area contributed by atoms with Crippen LogP contribution in [0.4, 0.5) is 0 Å². The summed E-state index contributed by atoms with van der Waals surface area (Å²) in [6.07, 6.45) is 3.79. The van der Waals surface area contributed by atoms with Gasteiger partial charge in [0, 0.05) is 6.42 Å². The zero-order valence-electron chi connectivity index (χ0n) is 11.3. The second-order valence-corrected chi connectivity index (χ2v) is 4.91. The molecule has 0 spiro atoms. The molecule has 1 aromatic carbocycles. The molecule has 0 radical (unpaired) electrons. The highest BCUT2D eigenvalue weighted by Gasteiger charge is 2.26. The number of nitrogens with zero attached hydrogens (tertiary/aromatic N) is 4. The summed E-state index contributed by atoms with van der Waals surface area (Å²) >= 11 is 0. The molecule has 1 fully saturated rings. The number of carbonyl (C=O) groups excluding carboxylic acids is 2. The molecule has 1 aliphatic carbocycles. The van der Waals surface area contributed by atoms with Crippen LogP contribution in [0.3, 0.4) is 0 Å².